The van der Waals surface area contributed by atoms with E-state index in [-0.39, 0.29) is 17.2 Å². The van der Waals surface area contributed by atoms with Crippen LogP contribution in [0.4, 0.5) is 0 Å². The van der Waals surface area contributed by atoms with Crippen molar-refractivity contribution in [2.75, 3.05) is 0 Å². The lowest BCUT2D eigenvalue weighted by molar-refractivity contribution is 0.401. The minimum absolute atomic E-state index is 0.0894. The van der Waals surface area contributed by atoms with E-state index < -0.39 is 5.41 Å². The van der Waals surface area contributed by atoms with Crippen molar-refractivity contribution >= 4 is 0 Å². The summed E-state index contributed by atoms with van der Waals surface area (Å²) in [6.07, 6.45) is 3.10. The topological polar surface area (TPSA) is 82.3 Å². The molecule has 0 radical (unpaired) electrons. The van der Waals surface area contributed by atoms with Crippen LogP contribution in [0.25, 0.3) is 0 Å². The zero-order chi connectivity index (χ0) is 14.2. The number of aromatic nitrogens is 1. The molecule has 5 nitrogen and oxygen atoms in total. The van der Waals surface area contributed by atoms with Crippen LogP contribution in [-0.4, -0.2) is 14.8 Å². The highest BCUT2D eigenvalue weighted by Crippen LogP contribution is 2.41. The maximum Gasteiger partial charge on any atom is 0.213 e. The molecule has 0 spiro atoms. The number of rotatable bonds is 2. The normalized spacial score (nSPS) is 11.5. The molecule has 0 aliphatic rings. The molecule has 0 amide bonds. The van der Waals surface area contributed by atoms with E-state index in [9.17, 15) is 10.2 Å². The predicted octanol–water partition coefficient (Wildman–Crippen LogP) is 2.71. The monoisotopic (exact) mass is 260 g/mol. The smallest absolute Gasteiger partial charge is 0.213 e. The summed E-state index contributed by atoms with van der Waals surface area (Å²) in [7, 11) is 0. The van der Waals surface area contributed by atoms with Gasteiger partial charge in [-0.05, 0) is 6.07 Å². The molecule has 0 atom stereocenters. The Labute approximate surface area is 111 Å². The molecule has 0 bridgehead atoms. The molecule has 0 aromatic carbocycles. The fourth-order valence-electron chi connectivity index (χ4n) is 2.18. The lowest BCUT2D eigenvalue weighted by Gasteiger charge is -2.21. The summed E-state index contributed by atoms with van der Waals surface area (Å²) < 4.78 is 6.53. The molecule has 0 fully saturated rings. The number of furan rings is 1. The van der Waals surface area contributed by atoms with Gasteiger partial charge in [-0.25, -0.2) is 0 Å². The van der Waals surface area contributed by atoms with Gasteiger partial charge in [-0.2, -0.15) is 5.26 Å². The van der Waals surface area contributed by atoms with Gasteiger partial charge >= 0.3 is 0 Å². The second-order valence-corrected chi connectivity index (χ2v) is 5.48. The molecule has 0 saturated carbocycles. The van der Waals surface area contributed by atoms with Crippen molar-refractivity contribution in [1.82, 2.24) is 4.57 Å². The summed E-state index contributed by atoms with van der Waals surface area (Å²) in [5.74, 6) is -0.373. The van der Waals surface area contributed by atoms with E-state index in [2.05, 4.69) is 0 Å². The standard InChI is InChI=1S/C14H16N2O3/c1-14(2,3)12-11(17)10(6-15)13(18)16(12)7-9-4-5-19-8-9/h4-5,8,17-18H,7H2,1-3H3. The SMILES string of the molecule is CC(C)(C)c1c(O)c(C#N)c(O)n1Cc1ccoc1. The van der Waals surface area contributed by atoms with Gasteiger partial charge in [0.05, 0.1) is 24.8 Å². The van der Waals surface area contributed by atoms with Crippen LogP contribution in [0.15, 0.2) is 23.0 Å². The molecule has 0 aliphatic heterocycles. The summed E-state index contributed by atoms with van der Waals surface area (Å²) >= 11 is 0. The van der Waals surface area contributed by atoms with E-state index in [0.717, 1.165) is 5.56 Å². The Bertz CT molecular complexity index is 625. The Morgan fingerprint density at radius 2 is 2.05 bits per heavy atom. The Morgan fingerprint density at radius 3 is 2.53 bits per heavy atom. The number of aromatic hydroxyl groups is 2. The Morgan fingerprint density at radius 1 is 1.37 bits per heavy atom. The zero-order valence-electron chi connectivity index (χ0n) is 11.1. The Kier molecular flexibility index (Phi) is 3.03. The van der Waals surface area contributed by atoms with E-state index in [1.165, 1.54) is 6.26 Å². The first-order chi connectivity index (χ1) is 8.86. The molecule has 2 aromatic rings. The quantitative estimate of drug-likeness (QED) is 0.869. The van der Waals surface area contributed by atoms with Gasteiger partial charge in [-0.15, -0.1) is 0 Å². The summed E-state index contributed by atoms with van der Waals surface area (Å²) in [5.41, 5.74) is 0.886. The first-order valence-electron chi connectivity index (χ1n) is 5.92. The van der Waals surface area contributed by atoms with Gasteiger partial charge in [-0.3, -0.25) is 0 Å². The van der Waals surface area contributed by atoms with Crippen molar-refractivity contribution in [3.05, 3.63) is 35.4 Å². The van der Waals surface area contributed by atoms with Crippen LogP contribution in [0.2, 0.25) is 0 Å². The van der Waals surface area contributed by atoms with Gasteiger partial charge < -0.3 is 19.2 Å². The second kappa shape index (κ2) is 4.39. The van der Waals surface area contributed by atoms with Crippen molar-refractivity contribution in [1.29, 1.82) is 5.26 Å². The molecule has 2 rings (SSSR count). The third kappa shape index (κ3) is 2.17. The minimum Gasteiger partial charge on any atom is -0.505 e. The van der Waals surface area contributed by atoms with E-state index >= 15 is 0 Å². The molecule has 100 valence electrons. The Hall–Kier alpha value is -2.35. The number of nitriles is 1. The molecular weight excluding hydrogens is 244 g/mol. The molecule has 0 unspecified atom stereocenters. The molecule has 2 heterocycles. The van der Waals surface area contributed by atoms with Crippen LogP contribution >= 0.6 is 0 Å². The van der Waals surface area contributed by atoms with E-state index in [0.29, 0.717) is 12.2 Å². The molecule has 2 aromatic heterocycles. The van der Waals surface area contributed by atoms with Crippen LogP contribution in [0.1, 0.15) is 37.6 Å². The number of nitrogens with zero attached hydrogens (tertiary/aromatic N) is 2. The van der Waals surface area contributed by atoms with Crippen molar-refractivity contribution in [3.63, 3.8) is 0 Å². The molecular formula is C14H16N2O3. The highest BCUT2D eigenvalue weighted by Gasteiger charge is 2.30. The fraction of sp³-hybridized carbons (Fsp3) is 0.357. The second-order valence-electron chi connectivity index (χ2n) is 5.48. The van der Waals surface area contributed by atoms with Crippen LogP contribution in [-0.2, 0) is 12.0 Å². The highest BCUT2D eigenvalue weighted by atomic mass is 16.3. The highest BCUT2D eigenvalue weighted by molar-refractivity contribution is 5.56. The fourth-order valence-corrected chi connectivity index (χ4v) is 2.18. The first-order valence-corrected chi connectivity index (χ1v) is 5.92. The van der Waals surface area contributed by atoms with Crippen LogP contribution < -0.4 is 0 Å². The van der Waals surface area contributed by atoms with E-state index in [1.54, 1.807) is 16.9 Å². The molecule has 19 heavy (non-hydrogen) atoms. The van der Waals surface area contributed by atoms with Crippen molar-refractivity contribution in [2.45, 2.75) is 32.7 Å². The molecule has 0 saturated heterocycles. The first kappa shape index (κ1) is 13.1. The van der Waals surface area contributed by atoms with Gasteiger partial charge in [0.2, 0.25) is 5.88 Å². The predicted molar refractivity (Wildman–Crippen MR) is 69.0 cm³/mol. The number of hydrogen-bond acceptors (Lipinski definition) is 4. The lowest BCUT2D eigenvalue weighted by atomic mass is 9.91. The third-order valence-corrected chi connectivity index (χ3v) is 2.95. The van der Waals surface area contributed by atoms with Crippen LogP contribution in [0.3, 0.4) is 0 Å². The van der Waals surface area contributed by atoms with Crippen molar-refractivity contribution < 1.29 is 14.6 Å². The lowest BCUT2D eigenvalue weighted by Crippen LogP contribution is -2.18. The average Bonchev–Trinajstić information content (AvgIpc) is 2.87. The average molecular weight is 260 g/mol. The third-order valence-electron chi connectivity index (χ3n) is 2.95. The maximum atomic E-state index is 10.1. The minimum atomic E-state index is -0.402. The van der Waals surface area contributed by atoms with Gasteiger partial charge in [0.15, 0.2) is 11.3 Å². The summed E-state index contributed by atoms with van der Waals surface area (Å²) in [5, 5.41) is 29.3. The van der Waals surface area contributed by atoms with Crippen molar-refractivity contribution in [3.8, 4) is 17.7 Å². The number of hydrogen-bond donors (Lipinski definition) is 2. The summed E-state index contributed by atoms with van der Waals surface area (Å²) in [6.45, 7) is 6.07. The maximum absolute atomic E-state index is 10.1. The van der Waals surface area contributed by atoms with Gasteiger partial charge in [-0.1, -0.05) is 20.8 Å². The summed E-state index contributed by atoms with van der Waals surface area (Å²) in [6, 6.07) is 3.60. The summed E-state index contributed by atoms with van der Waals surface area (Å²) in [4.78, 5) is 0. The molecule has 0 aliphatic carbocycles. The van der Waals surface area contributed by atoms with E-state index in [4.69, 9.17) is 9.68 Å². The van der Waals surface area contributed by atoms with Crippen molar-refractivity contribution in [2.24, 2.45) is 0 Å². The zero-order valence-corrected chi connectivity index (χ0v) is 11.1. The van der Waals surface area contributed by atoms with Gasteiger partial charge in [0, 0.05) is 11.0 Å². The molecule has 5 heteroatoms. The molecule has 2 N–H and O–H groups in total. The van der Waals surface area contributed by atoms with E-state index in [1.807, 2.05) is 26.8 Å². The van der Waals surface area contributed by atoms with Crippen LogP contribution in [0.5, 0.6) is 11.6 Å². The Balaban J connectivity index is 2.62. The van der Waals surface area contributed by atoms with Gasteiger partial charge in [0.1, 0.15) is 6.07 Å². The van der Waals surface area contributed by atoms with Crippen LogP contribution in [0, 0.1) is 11.3 Å². The largest absolute Gasteiger partial charge is 0.505 e. The van der Waals surface area contributed by atoms with Gasteiger partial charge in [0.25, 0.3) is 0 Å².